The lowest BCUT2D eigenvalue weighted by atomic mass is 9.99. The third kappa shape index (κ3) is 4.95. The second kappa shape index (κ2) is 9.75. The Balaban J connectivity index is 1.67. The molecule has 2 aromatic heterocycles. The number of piperazine rings is 1. The molecule has 0 amide bonds. The van der Waals surface area contributed by atoms with Crippen molar-refractivity contribution in [2.45, 2.75) is 45.3 Å². The molecule has 0 saturated carbocycles. The molecule has 11 heteroatoms. The summed E-state index contributed by atoms with van der Waals surface area (Å²) in [5.41, 5.74) is 1.90. The number of benzene rings is 1. The molecular weight excluding hydrogens is 485 g/mol. The number of aryl methyl sites for hydroxylation is 1. The number of ether oxygens (including phenoxy) is 1. The van der Waals surface area contributed by atoms with Gasteiger partial charge >= 0.3 is 6.36 Å². The highest BCUT2D eigenvalue weighted by Gasteiger charge is 2.36. The van der Waals surface area contributed by atoms with E-state index in [1.165, 1.54) is 22.8 Å². The Morgan fingerprint density at radius 1 is 1.05 bits per heavy atom. The average molecular weight is 511 g/mol. The fourth-order valence-electron chi connectivity index (χ4n) is 4.98. The summed E-state index contributed by atoms with van der Waals surface area (Å²) in [5.74, 6) is -0.277. The normalized spacial score (nSPS) is 19.3. The SMILES string of the molecule is CC(c1ccc(OC(F)(F)F)cc1)N1C[C@H](C)N(c2c(C#N)c(=O)n(C)c3ccc(C#N)nc23)C[C@H]1C. The van der Waals surface area contributed by atoms with Crippen molar-refractivity contribution in [1.82, 2.24) is 14.5 Å². The van der Waals surface area contributed by atoms with Crippen LogP contribution >= 0.6 is 0 Å². The van der Waals surface area contributed by atoms with Crippen LogP contribution < -0.4 is 15.2 Å². The zero-order valence-corrected chi connectivity index (χ0v) is 20.7. The number of aromatic nitrogens is 2. The first kappa shape index (κ1) is 26.0. The van der Waals surface area contributed by atoms with E-state index in [9.17, 15) is 28.5 Å². The maximum Gasteiger partial charge on any atom is 0.573 e. The van der Waals surface area contributed by atoms with Crippen molar-refractivity contribution in [2.75, 3.05) is 18.0 Å². The molecule has 1 aliphatic rings. The molecular formula is C26H25F3N6O2. The molecule has 0 aliphatic carbocycles. The van der Waals surface area contributed by atoms with Crippen LogP contribution in [0.15, 0.2) is 41.2 Å². The molecule has 4 rings (SSSR count). The molecule has 1 unspecified atom stereocenters. The smallest absolute Gasteiger partial charge is 0.406 e. The molecule has 37 heavy (non-hydrogen) atoms. The molecule has 0 N–H and O–H groups in total. The van der Waals surface area contributed by atoms with Gasteiger partial charge in [0.25, 0.3) is 5.56 Å². The van der Waals surface area contributed by atoms with E-state index >= 15 is 0 Å². The van der Waals surface area contributed by atoms with E-state index in [0.717, 1.165) is 5.56 Å². The zero-order valence-electron chi connectivity index (χ0n) is 20.7. The van der Waals surface area contributed by atoms with Crippen LogP contribution in [0.1, 0.15) is 43.6 Å². The van der Waals surface area contributed by atoms with Gasteiger partial charge in [-0.25, -0.2) is 4.98 Å². The third-order valence-electron chi connectivity index (χ3n) is 6.86. The number of hydrogen-bond acceptors (Lipinski definition) is 7. The number of rotatable bonds is 4. The summed E-state index contributed by atoms with van der Waals surface area (Å²) in [6.07, 6.45) is -4.75. The molecule has 3 atom stereocenters. The van der Waals surface area contributed by atoms with Crippen LogP contribution in [0.5, 0.6) is 5.75 Å². The predicted octanol–water partition coefficient (Wildman–Crippen LogP) is 4.24. The lowest BCUT2D eigenvalue weighted by Gasteiger charge is -2.48. The van der Waals surface area contributed by atoms with E-state index in [0.29, 0.717) is 29.8 Å². The van der Waals surface area contributed by atoms with Gasteiger partial charge in [-0.15, -0.1) is 13.2 Å². The van der Waals surface area contributed by atoms with Crippen molar-refractivity contribution in [1.29, 1.82) is 10.5 Å². The number of alkyl halides is 3. The molecule has 0 spiro atoms. The molecule has 1 aliphatic heterocycles. The minimum atomic E-state index is -4.75. The van der Waals surface area contributed by atoms with Crippen LogP contribution in [0.25, 0.3) is 11.0 Å². The molecule has 192 valence electrons. The highest BCUT2D eigenvalue weighted by atomic mass is 19.4. The fourth-order valence-corrected chi connectivity index (χ4v) is 4.98. The van der Waals surface area contributed by atoms with Crippen molar-refractivity contribution < 1.29 is 17.9 Å². The van der Waals surface area contributed by atoms with Crippen molar-refractivity contribution in [3.63, 3.8) is 0 Å². The number of halogens is 3. The topological polar surface area (TPSA) is 98.2 Å². The van der Waals surface area contributed by atoms with Crippen LogP contribution in [-0.2, 0) is 7.05 Å². The Bertz CT molecular complexity index is 1470. The van der Waals surface area contributed by atoms with E-state index in [1.54, 1.807) is 25.2 Å². The van der Waals surface area contributed by atoms with Gasteiger partial charge in [-0.1, -0.05) is 12.1 Å². The van der Waals surface area contributed by atoms with Gasteiger partial charge in [-0.05, 0) is 50.6 Å². The molecule has 1 aromatic carbocycles. The summed E-state index contributed by atoms with van der Waals surface area (Å²) in [7, 11) is 1.57. The zero-order chi connectivity index (χ0) is 27.1. The van der Waals surface area contributed by atoms with Crippen LogP contribution in [0.4, 0.5) is 18.9 Å². The first-order valence-electron chi connectivity index (χ1n) is 11.7. The predicted molar refractivity (Wildman–Crippen MR) is 131 cm³/mol. The molecule has 1 fully saturated rings. The quantitative estimate of drug-likeness (QED) is 0.518. The summed E-state index contributed by atoms with van der Waals surface area (Å²) >= 11 is 0. The Hall–Kier alpha value is -4.09. The van der Waals surface area contributed by atoms with Crippen LogP contribution in [0.2, 0.25) is 0 Å². The van der Waals surface area contributed by atoms with Crippen LogP contribution in [0, 0.1) is 22.7 Å². The number of fused-ring (bicyclic) bond motifs is 1. The lowest BCUT2D eigenvalue weighted by Crippen LogP contribution is -2.57. The second-order valence-electron chi connectivity index (χ2n) is 9.22. The first-order valence-corrected chi connectivity index (χ1v) is 11.7. The largest absolute Gasteiger partial charge is 0.573 e. The van der Waals surface area contributed by atoms with Gasteiger partial charge in [0.1, 0.15) is 34.7 Å². The van der Waals surface area contributed by atoms with E-state index in [-0.39, 0.29) is 35.1 Å². The minimum absolute atomic E-state index is 0.0293. The highest BCUT2D eigenvalue weighted by Crippen LogP contribution is 2.35. The molecule has 0 radical (unpaired) electrons. The number of hydrogen-bond donors (Lipinski definition) is 0. The number of pyridine rings is 2. The maximum atomic E-state index is 13.0. The average Bonchev–Trinajstić information content (AvgIpc) is 2.86. The number of anilines is 1. The minimum Gasteiger partial charge on any atom is -0.406 e. The maximum absolute atomic E-state index is 13.0. The molecule has 0 bridgehead atoms. The van der Waals surface area contributed by atoms with Gasteiger partial charge in [-0.2, -0.15) is 10.5 Å². The number of nitrogens with zero attached hydrogens (tertiary/aromatic N) is 6. The second-order valence-corrected chi connectivity index (χ2v) is 9.22. The Labute approximate surface area is 211 Å². The van der Waals surface area contributed by atoms with Crippen molar-refractivity contribution in [3.8, 4) is 17.9 Å². The third-order valence-corrected chi connectivity index (χ3v) is 6.86. The van der Waals surface area contributed by atoms with Gasteiger partial charge < -0.3 is 14.2 Å². The van der Waals surface area contributed by atoms with Crippen LogP contribution in [-0.4, -0.2) is 46.0 Å². The monoisotopic (exact) mass is 510 g/mol. The molecule has 3 aromatic rings. The highest BCUT2D eigenvalue weighted by molar-refractivity contribution is 5.92. The van der Waals surface area contributed by atoms with Gasteiger partial charge in [0.05, 0.1) is 11.2 Å². The Kier molecular flexibility index (Phi) is 6.85. The van der Waals surface area contributed by atoms with Gasteiger partial charge in [-0.3, -0.25) is 9.69 Å². The summed E-state index contributed by atoms with van der Waals surface area (Å²) in [5, 5.41) is 19.3. The van der Waals surface area contributed by atoms with Crippen molar-refractivity contribution in [3.05, 3.63) is 63.6 Å². The van der Waals surface area contributed by atoms with E-state index in [4.69, 9.17) is 0 Å². The lowest BCUT2D eigenvalue weighted by molar-refractivity contribution is -0.274. The standard InChI is InChI=1S/C26H25F3N6O2/c1-15-14-35(24-21(12-31)25(36)33(4)22-10-7-19(11-30)32-23(22)24)16(2)13-34(15)17(3)18-5-8-20(9-6-18)37-26(27,28)29/h5-10,15-17H,13-14H2,1-4H3/t15-,16+,17?/m1/s1. The van der Waals surface area contributed by atoms with Gasteiger partial charge in [0.15, 0.2) is 0 Å². The number of nitriles is 2. The Morgan fingerprint density at radius 2 is 1.73 bits per heavy atom. The molecule has 8 nitrogen and oxygen atoms in total. The van der Waals surface area contributed by atoms with Gasteiger partial charge in [0, 0.05) is 38.3 Å². The van der Waals surface area contributed by atoms with Gasteiger partial charge in [0.2, 0.25) is 0 Å². The summed E-state index contributed by atoms with van der Waals surface area (Å²) in [6, 6.07) is 12.8. The molecule has 1 saturated heterocycles. The van der Waals surface area contributed by atoms with E-state index < -0.39 is 11.9 Å². The molecule has 3 heterocycles. The summed E-state index contributed by atoms with van der Waals surface area (Å²) < 4.78 is 42.9. The van der Waals surface area contributed by atoms with E-state index in [1.807, 2.05) is 37.8 Å². The van der Waals surface area contributed by atoms with Crippen LogP contribution in [0.3, 0.4) is 0 Å². The van der Waals surface area contributed by atoms with E-state index in [2.05, 4.69) is 14.6 Å². The fraction of sp³-hybridized carbons (Fsp3) is 0.385. The van der Waals surface area contributed by atoms with Crippen molar-refractivity contribution >= 4 is 16.7 Å². The summed E-state index contributed by atoms with van der Waals surface area (Å²) in [4.78, 5) is 21.7. The first-order chi connectivity index (χ1) is 17.4. The Morgan fingerprint density at radius 3 is 2.32 bits per heavy atom. The summed E-state index contributed by atoms with van der Waals surface area (Å²) in [6.45, 7) is 7.00. The van der Waals surface area contributed by atoms with Crippen molar-refractivity contribution in [2.24, 2.45) is 7.05 Å².